The first kappa shape index (κ1) is 12.9. The van der Waals surface area contributed by atoms with Crippen molar-refractivity contribution >= 4 is 18.0 Å². The maximum absolute atomic E-state index is 11.8. The molecule has 0 aromatic heterocycles. The van der Waals surface area contributed by atoms with Crippen LogP contribution in [0.2, 0.25) is 0 Å². The Hall–Kier alpha value is -2.56. The van der Waals surface area contributed by atoms with Gasteiger partial charge in [0.25, 0.3) is 5.91 Å². The molecule has 1 aromatic rings. The third kappa shape index (κ3) is 2.49. The summed E-state index contributed by atoms with van der Waals surface area (Å²) < 4.78 is 9.70. The molecule has 1 heterocycles. The van der Waals surface area contributed by atoms with E-state index >= 15 is 0 Å². The molecule has 98 valence electrons. The largest absolute Gasteiger partial charge is 0.493 e. The SMILES string of the molecule is COC(=O)C1=C(OC)/C(=C\c2ccccc2)NC1=O. The summed E-state index contributed by atoms with van der Waals surface area (Å²) in [5.41, 5.74) is 1.21. The zero-order valence-corrected chi connectivity index (χ0v) is 10.6. The lowest BCUT2D eigenvalue weighted by molar-refractivity contribution is -0.137. The molecule has 1 aromatic carbocycles. The average molecular weight is 259 g/mol. The normalized spacial score (nSPS) is 16.5. The van der Waals surface area contributed by atoms with Crippen LogP contribution in [-0.2, 0) is 19.1 Å². The fourth-order valence-corrected chi connectivity index (χ4v) is 1.80. The highest BCUT2D eigenvalue weighted by Crippen LogP contribution is 2.24. The van der Waals surface area contributed by atoms with Crippen LogP contribution in [0.4, 0.5) is 0 Å². The van der Waals surface area contributed by atoms with Crippen LogP contribution < -0.4 is 5.32 Å². The van der Waals surface area contributed by atoms with Crippen LogP contribution in [0, 0.1) is 0 Å². The second-order valence-electron chi connectivity index (χ2n) is 3.82. The van der Waals surface area contributed by atoms with Crippen LogP contribution in [0.5, 0.6) is 0 Å². The van der Waals surface area contributed by atoms with Gasteiger partial charge in [-0.05, 0) is 11.6 Å². The third-order valence-corrected chi connectivity index (χ3v) is 2.65. The van der Waals surface area contributed by atoms with Crippen molar-refractivity contribution in [3.05, 3.63) is 52.9 Å². The van der Waals surface area contributed by atoms with Gasteiger partial charge < -0.3 is 14.8 Å². The van der Waals surface area contributed by atoms with Crippen LogP contribution in [0.15, 0.2) is 47.4 Å². The van der Waals surface area contributed by atoms with E-state index in [0.717, 1.165) is 5.56 Å². The fourth-order valence-electron chi connectivity index (χ4n) is 1.80. The number of hydrogen-bond donors (Lipinski definition) is 1. The maximum Gasteiger partial charge on any atom is 0.347 e. The van der Waals surface area contributed by atoms with E-state index in [-0.39, 0.29) is 11.3 Å². The average Bonchev–Trinajstić information content (AvgIpc) is 2.74. The smallest absolute Gasteiger partial charge is 0.347 e. The summed E-state index contributed by atoms with van der Waals surface area (Å²) in [6.45, 7) is 0. The molecule has 5 heteroatoms. The van der Waals surface area contributed by atoms with Gasteiger partial charge in [-0.25, -0.2) is 4.79 Å². The van der Waals surface area contributed by atoms with Crippen LogP contribution >= 0.6 is 0 Å². The van der Waals surface area contributed by atoms with Crippen LogP contribution in [0.3, 0.4) is 0 Å². The molecule has 0 fully saturated rings. The molecule has 0 saturated heterocycles. The van der Waals surface area contributed by atoms with E-state index in [1.807, 2.05) is 30.3 Å². The number of nitrogens with one attached hydrogen (secondary N) is 1. The topological polar surface area (TPSA) is 64.6 Å². The van der Waals surface area contributed by atoms with E-state index in [1.54, 1.807) is 6.08 Å². The number of hydrogen-bond acceptors (Lipinski definition) is 4. The van der Waals surface area contributed by atoms with Crippen molar-refractivity contribution in [1.82, 2.24) is 5.32 Å². The molecule has 19 heavy (non-hydrogen) atoms. The summed E-state index contributed by atoms with van der Waals surface area (Å²) in [5, 5.41) is 2.59. The number of rotatable bonds is 3. The Balaban J connectivity index is 2.44. The lowest BCUT2D eigenvalue weighted by Gasteiger charge is -2.04. The van der Waals surface area contributed by atoms with E-state index in [1.165, 1.54) is 14.2 Å². The van der Waals surface area contributed by atoms with Crippen molar-refractivity contribution in [3.63, 3.8) is 0 Å². The van der Waals surface area contributed by atoms with Gasteiger partial charge in [-0.2, -0.15) is 0 Å². The number of methoxy groups -OCH3 is 2. The Morgan fingerprint density at radius 2 is 1.89 bits per heavy atom. The van der Waals surface area contributed by atoms with Crippen molar-refractivity contribution in [2.75, 3.05) is 14.2 Å². The zero-order valence-electron chi connectivity index (χ0n) is 10.6. The van der Waals surface area contributed by atoms with Gasteiger partial charge in [-0.3, -0.25) is 4.79 Å². The molecule has 0 aliphatic carbocycles. The molecule has 0 saturated carbocycles. The number of ether oxygens (including phenoxy) is 2. The van der Waals surface area contributed by atoms with Gasteiger partial charge in [0.2, 0.25) is 0 Å². The second-order valence-corrected chi connectivity index (χ2v) is 3.82. The third-order valence-electron chi connectivity index (χ3n) is 2.65. The molecule has 0 radical (unpaired) electrons. The molecule has 1 N–H and O–H groups in total. The van der Waals surface area contributed by atoms with Gasteiger partial charge in [-0.15, -0.1) is 0 Å². The molecule has 1 aliphatic heterocycles. The van der Waals surface area contributed by atoms with Crippen molar-refractivity contribution in [1.29, 1.82) is 0 Å². The van der Waals surface area contributed by atoms with Crippen molar-refractivity contribution in [2.45, 2.75) is 0 Å². The van der Waals surface area contributed by atoms with Gasteiger partial charge >= 0.3 is 5.97 Å². The summed E-state index contributed by atoms with van der Waals surface area (Å²) in [6.07, 6.45) is 1.73. The van der Waals surface area contributed by atoms with E-state index in [9.17, 15) is 9.59 Å². The predicted molar refractivity (Wildman–Crippen MR) is 68.6 cm³/mol. The van der Waals surface area contributed by atoms with E-state index in [4.69, 9.17) is 4.74 Å². The maximum atomic E-state index is 11.8. The summed E-state index contributed by atoms with van der Waals surface area (Å²) in [7, 11) is 2.62. The number of benzene rings is 1. The van der Waals surface area contributed by atoms with Gasteiger partial charge in [0.1, 0.15) is 0 Å². The number of amides is 1. The highest BCUT2D eigenvalue weighted by molar-refractivity contribution is 6.20. The minimum atomic E-state index is -0.717. The van der Waals surface area contributed by atoms with Crippen molar-refractivity contribution in [3.8, 4) is 0 Å². The number of esters is 1. The van der Waals surface area contributed by atoms with Gasteiger partial charge in [0.05, 0.1) is 19.9 Å². The van der Waals surface area contributed by atoms with Crippen molar-refractivity contribution in [2.24, 2.45) is 0 Å². The minimum absolute atomic E-state index is 0.118. The first-order chi connectivity index (χ1) is 9.17. The molecular weight excluding hydrogens is 246 g/mol. The van der Waals surface area contributed by atoms with Crippen molar-refractivity contribution < 1.29 is 19.1 Å². The summed E-state index contributed by atoms with van der Waals surface area (Å²) >= 11 is 0. The molecule has 1 amide bonds. The first-order valence-corrected chi connectivity index (χ1v) is 5.62. The van der Waals surface area contributed by atoms with Crippen LogP contribution in [0.1, 0.15) is 5.56 Å². The summed E-state index contributed by atoms with van der Waals surface area (Å²) in [4.78, 5) is 23.3. The lowest BCUT2D eigenvalue weighted by Crippen LogP contribution is -2.20. The summed E-state index contributed by atoms with van der Waals surface area (Å²) in [6, 6.07) is 9.40. The number of carbonyl (C=O) groups is 2. The molecule has 1 aliphatic rings. The molecule has 0 spiro atoms. The molecular formula is C14H13NO4. The molecule has 0 unspecified atom stereocenters. The Morgan fingerprint density at radius 3 is 2.47 bits per heavy atom. The monoisotopic (exact) mass is 259 g/mol. The highest BCUT2D eigenvalue weighted by atomic mass is 16.5. The Labute approximate surface area is 110 Å². The lowest BCUT2D eigenvalue weighted by atomic mass is 10.1. The predicted octanol–water partition coefficient (Wildman–Crippen LogP) is 1.23. The second kappa shape index (κ2) is 5.39. The Morgan fingerprint density at radius 1 is 1.21 bits per heavy atom. The molecule has 5 nitrogen and oxygen atoms in total. The van der Waals surface area contributed by atoms with E-state index < -0.39 is 11.9 Å². The quantitative estimate of drug-likeness (QED) is 0.655. The van der Waals surface area contributed by atoms with Crippen LogP contribution in [-0.4, -0.2) is 26.1 Å². The molecule has 0 atom stereocenters. The van der Waals surface area contributed by atoms with Crippen LogP contribution in [0.25, 0.3) is 6.08 Å². The standard InChI is InChI=1S/C14H13NO4/c1-18-12-10(8-9-6-4-3-5-7-9)15-13(16)11(12)14(17)19-2/h3-8H,1-2H3,(H,15,16)/b10-8+. The van der Waals surface area contributed by atoms with E-state index in [2.05, 4.69) is 10.1 Å². The van der Waals surface area contributed by atoms with E-state index in [0.29, 0.717) is 5.70 Å². The number of carbonyl (C=O) groups excluding carboxylic acids is 2. The Kier molecular flexibility index (Phi) is 3.66. The highest BCUT2D eigenvalue weighted by Gasteiger charge is 2.34. The van der Waals surface area contributed by atoms with Gasteiger partial charge in [0, 0.05) is 0 Å². The molecule has 2 rings (SSSR count). The zero-order chi connectivity index (χ0) is 13.8. The fraction of sp³-hybridized carbons (Fsp3) is 0.143. The first-order valence-electron chi connectivity index (χ1n) is 5.62. The summed E-state index contributed by atoms with van der Waals surface area (Å²) in [5.74, 6) is -1.04. The molecule has 0 bridgehead atoms. The van der Waals surface area contributed by atoms with Gasteiger partial charge in [0.15, 0.2) is 11.3 Å². The van der Waals surface area contributed by atoms with Gasteiger partial charge in [-0.1, -0.05) is 30.3 Å². The minimum Gasteiger partial charge on any atom is -0.493 e. The Bertz CT molecular complexity index is 572.